The monoisotopic (exact) mass is 303 g/mol. The van der Waals surface area contributed by atoms with Crippen molar-refractivity contribution in [3.05, 3.63) is 64.1 Å². The molecule has 0 unspecified atom stereocenters. The molecule has 0 fully saturated rings. The molecule has 0 radical (unpaired) electrons. The molecule has 0 aliphatic heterocycles. The van der Waals surface area contributed by atoms with Crippen LogP contribution in [0.3, 0.4) is 0 Å². The molecule has 0 bridgehead atoms. The molecule has 0 amide bonds. The third-order valence-electron chi connectivity index (χ3n) is 3.12. The van der Waals surface area contributed by atoms with E-state index in [9.17, 15) is 0 Å². The van der Waals surface area contributed by atoms with Crippen LogP contribution in [0.2, 0.25) is 0 Å². The lowest BCUT2D eigenvalue weighted by molar-refractivity contribution is 0.828. The Balaban J connectivity index is 2.20. The summed E-state index contributed by atoms with van der Waals surface area (Å²) in [6.07, 6.45) is 0. The summed E-state index contributed by atoms with van der Waals surface area (Å²) in [6, 6.07) is 17.1. The van der Waals surface area contributed by atoms with E-state index in [1.807, 2.05) is 0 Å². The minimum absolute atomic E-state index is 0.953. The van der Waals surface area contributed by atoms with Crippen molar-refractivity contribution in [3.63, 3.8) is 0 Å². The first-order chi connectivity index (χ1) is 8.70. The van der Waals surface area contributed by atoms with Gasteiger partial charge in [-0.2, -0.15) is 0 Å². The highest BCUT2D eigenvalue weighted by Gasteiger charge is 2.07. The van der Waals surface area contributed by atoms with Gasteiger partial charge in [-0.25, -0.2) is 0 Å². The second-order valence-corrected chi connectivity index (χ2v) is 5.34. The van der Waals surface area contributed by atoms with Crippen LogP contribution in [0.4, 0.5) is 5.69 Å². The molecule has 18 heavy (non-hydrogen) atoms. The average molecular weight is 304 g/mol. The maximum absolute atomic E-state index is 3.47. The van der Waals surface area contributed by atoms with E-state index in [2.05, 4.69) is 83.2 Å². The molecule has 0 aliphatic carbocycles. The number of halogens is 1. The lowest BCUT2D eigenvalue weighted by Crippen LogP contribution is -2.22. The number of aryl methyl sites for hydroxylation is 1. The number of benzene rings is 2. The van der Waals surface area contributed by atoms with Crippen LogP contribution in [-0.4, -0.2) is 6.54 Å². The Bertz CT molecular complexity index is 505. The van der Waals surface area contributed by atoms with E-state index in [-0.39, 0.29) is 0 Å². The molecule has 0 saturated carbocycles. The molecule has 0 N–H and O–H groups in total. The molecule has 0 atom stereocenters. The number of hydrogen-bond donors (Lipinski definition) is 0. The number of anilines is 1. The molecule has 0 heterocycles. The number of rotatable bonds is 4. The molecule has 2 heteroatoms. The Hall–Kier alpha value is -1.28. The van der Waals surface area contributed by atoms with Crippen molar-refractivity contribution in [2.45, 2.75) is 20.4 Å². The van der Waals surface area contributed by atoms with Crippen LogP contribution >= 0.6 is 15.9 Å². The third kappa shape index (κ3) is 3.14. The van der Waals surface area contributed by atoms with Crippen LogP contribution in [0.5, 0.6) is 0 Å². The van der Waals surface area contributed by atoms with Crippen molar-refractivity contribution in [3.8, 4) is 0 Å². The standard InChI is InChI=1S/C16H18BrN/c1-3-18(16-7-5-4-6-13(16)2)12-14-8-10-15(17)11-9-14/h4-11H,3,12H2,1-2H3. The summed E-state index contributed by atoms with van der Waals surface area (Å²) in [5.41, 5.74) is 3.99. The van der Waals surface area contributed by atoms with Crippen LogP contribution in [0.25, 0.3) is 0 Å². The highest BCUT2D eigenvalue weighted by Crippen LogP contribution is 2.21. The molecular weight excluding hydrogens is 286 g/mol. The van der Waals surface area contributed by atoms with E-state index >= 15 is 0 Å². The Morgan fingerprint density at radius 3 is 2.28 bits per heavy atom. The minimum atomic E-state index is 0.953. The van der Waals surface area contributed by atoms with Gasteiger partial charge < -0.3 is 4.90 Å². The zero-order valence-electron chi connectivity index (χ0n) is 10.9. The van der Waals surface area contributed by atoms with Crippen LogP contribution in [0.1, 0.15) is 18.1 Å². The summed E-state index contributed by atoms with van der Waals surface area (Å²) in [7, 11) is 0. The van der Waals surface area contributed by atoms with Gasteiger partial charge in [0.1, 0.15) is 0 Å². The quantitative estimate of drug-likeness (QED) is 0.785. The van der Waals surface area contributed by atoms with Crippen molar-refractivity contribution in [1.82, 2.24) is 0 Å². The van der Waals surface area contributed by atoms with Gasteiger partial charge in [-0.1, -0.05) is 46.3 Å². The fourth-order valence-corrected chi connectivity index (χ4v) is 2.36. The number of para-hydroxylation sites is 1. The van der Waals surface area contributed by atoms with Crippen molar-refractivity contribution in [2.24, 2.45) is 0 Å². The highest BCUT2D eigenvalue weighted by molar-refractivity contribution is 9.10. The van der Waals surface area contributed by atoms with Crippen LogP contribution in [-0.2, 0) is 6.54 Å². The first-order valence-corrected chi connectivity index (χ1v) is 7.05. The van der Waals surface area contributed by atoms with Crippen molar-refractivity contribution in [2.75, 3.05) is 11.4 Å². The van der Waals surface area contributed by atoms with Crippen molar-refractivity contribution in [1.29, 1.82) is 0 Å². The SMILES string of the molecule is CCN(Cc1ccc(Br)cc1)c1ccccc1C. The van der Waals surface area contributed by atoms with E-state index in [1.54, 1.807) is 0 Å². The molecule has 2 rings (SSSR count). The van der Waals surface area contributed by atoms with Gasteiger partial charge >= 0.3 is 0 Å². The first kappa shape index (κ1) is 13.2. The zero-order chi connectivity index (χ0) is 13.0. The van der Waals surface area contributed by atoms with E-state index in [0.717, 1.165) is 17.6 Å². The Morgan fingerprint density at radius 1 is 1.00 bits per heavy atom. The van der Waals surface area contributed by atoms with Crippen molar-refractivity contribution < 1.29 is 0 Å². The Labute approximate surface area is 118 Å². The predicted octanol–water partition coefficient (Wildman–Crippen LogP) is 4.78. The van der Waals surface area contributed by atoms with Gasteiger partial charge in [0.25, 0.3) is 0 Å². The Kier molecular flexibility index (Phi) is 4.43. The molecular formula is C16H18BrN. The minimum Gasteiger partial charge on any atom is -0.367 e. The predicted molar refractivity (Wildman–Crippen MR) is 82.0 cm³/mol. The summed E-state index contributed by atoms with van der Waals surface area (Å²) < 4.78 is 1.13. The normalized spacial score (nSPS) is 10.4. The van der Waals surface area contributed by atoms with Gasteiger partial charge in [-0.15, -0.1) is 0 Å². The molecule has 0 aromatic heterocycles. The van der Waals surface area contributed by atoms with Crippen LogP contribution < -0.4 is 4.90 Å². The average Bonchev–Trinajstić information content (AvgIpc) is 2.39. The topological polar surface area (TPSA) is 3.24 Å². The van der Waals surface area contributed by atoms with E-state index in [0.29, 0.717) is 0 Å². The molecule has 1 nitrogen and oxygen atoms in total. The smallest absolute Gasteiger partial charge is 0.0429 e. The third-order valence-corrected chi connectivity index (χ3v) is 3.65. The summed E-state index contributed by atoms with van der Waals surface area (Å²) in [6.45, 7) is 6.33. The molecule has 0 aliphatic rings. The lowest BCUT2D eigenvalue weighted by atomic mass is 10.1. The second-order valence-electron chi connectivity index (χ2n) is 4.43. The summed E-state index contributed by atoms with van der Waals surface area (Å²) in [5, 5.41) is 0. The van der Waals surface area contributed by atoms with Gasteiger partial charge in [-0.3, -0.25) is 0 Å². The number of hydrogen-bond acceptors (Lipinski definition) is 1. The van der Waals surface area contributed by atoms with Gasteiger partial charge in [0.05, 0.1) is 0 Å². The van der Waals surface area contributed by atoms with Gasteiger partial charge in [0, 0.05) is 23.2 Å². The second kappa shape index (κ2) is 6.05. The van der Waals surface area contributed by atoms with E-state index < -0.39 is 0 Å². The molecule has 94 valence electrons. The molecule has 0 saturated heterocycles. The lowest BCUT2D eigenvalue weighted by Gasteiger charge is -2.25. The first-order valence-electron chi connectivity index (χ1n) is 6.25. The summed E-state index contributed by atoms with van der Waals surface area (Å²) in [5.74, 6) is 0. The molecule has 2 aromatic rings. The molecule has 0 spiro atoms. The van der Waals surface area contributed by atoms with Crippen LogP contribution in [0.15, 0.2) is 53.0 Å². The Morgan fingerprint density at radius 2 is 1.67 bits per heavy atom. The largest absolute Gasteiger partial charge is 0.367 e. The van der Waals surface area contributed by atoms with Crippen molar-refractivity contribution >= 4 is 21.6 Å². The molecule has 2 aromatic carbocycles. The van der Waals surface area contributed by atoms with Gasteiger partial charge in [0.15, 0.2) is 0 Å². The summed E-state index contributed by atoms with van der Waals surface area (Å²) in [4.78, 5) is 2.40. The van der Waals surface area contributed by atoms with E-state index in [4.69, 9.17) is 0 Å². The zero-order valence-corrected chi connectivity index (χ0v) is 12.4. The summed E-state index contributed by atoms with van der Waals surface area (Å²) >= 11 is 3.47. The fraction of sp³-hybridized carbons (Fsp3) is 0.250. The maximum Gasteiger partial charge on any atom is 0.0429 e. The highest BCUT2D eigenvalue weighted by atomic mass is 79.9. The van der Waals surface area contributed by atoms with Gasteiger partial charge in [0.2, 0.25) is 0 Å². The van der Waals surface area contributed by atoms with Gasteiger partial charge in [-0.05, 0) is 43.2 Å². The fourth-order valence-electron chi connectivity index (χ4n) is 2.10. The maximum atomic E-state index is 3.47. The van der Waals surface area contributed by atoms with E-state index in [1.165, 1.54) is 16.8 Å². The van der Waals surface area contributed by atoms with Crippen LogP contribution in [0, 0.1) is 6.92 Å². The number of nitrogens with zero attached hydrogens (tertiary/aromatic N) is 1.